The van der Waals surface area contributed by atoms with Crippen molar-refractivity contribution in [3.8, 4) is 5.75 Å². The number of unbranched alkanes of at least 4 members (excludes halogenated alkanes) is 3. The lowest BCUT2D eigenvalue weighted by Crippen LogP contribution is -2.14. The summed E-state index contributed by atoms with van der Waals surface area (Å²) in [4.78, 5) is 24.3. The Balaban J connectivity index is 1.91. The van der Waals surface area contributed by atoms with Crippen molar-refractivity contribution in [2.24, 2.45) is 0 Å². The summed E-state index contributed by atoms with van der Waals surface area (Å²) in [5, 5.41) is 0. The van der Waals surface area contributed by atoms with E-state index >= 15 is 0 Å². The molecule has 0 unspecified atom stereocenters. The van der Waals surface area contributed by atoms with E-state index in [-0.39, 0.29) is 0 Å². The topological polar surface area (TPSA) is 43.4 Å². The molecule has 0 amide bonds. The van der Waals surface area contributed by atoms with Gasteiger partial charge in [-0.2, -0.15) is 0 Å². The zero-order valence-corrected chi connectivity index (χ0v) is 13.5. The summed E-state index contributed by atoms with van der Waals surface area (Å²) in [6.07, 6.45) is 4.62. The fraction of sp³-hybridized carbons (Fsp3) is 0.300. The minimum atomic E-state index is -0.495. The highest BCUT2D eigenvalue weighted by atomic mass is 16.5. The van der Waals surface area contributed by atoms with Crippen LogP contribution in [0.3, 0.4) is 0 Å². The molecule has 0 aliphatic heterocycles. The monoisotopic (exact) mass is 310 g/mol. The fourth-order valence-corrected chi connectivity index (χ4v) is 2.27. The number of hydrogen-bond donors (Lipinski definition) is 0. The van der Waals surface area contributed by atoms with Gasteiger partial charge in [-0.25, -0.2) is 0 Å². The minimum absolute atomic E-state index is 0.386. The van der Waals surface area contributed by atoms with Crippen molar-refractivity contribution in [3.63, 3.8) is 0 Å². The first kappa shape index (κ1) is 16.9. The molecule has 0 saturated heterocycles. The average molecular weight is 310 g/mol. The van der Waals surface area contributed by atoms with Gasteiger partial charge in [-0.1, -0.05) is 56.5 Å². The smallest absolute Gasteiger partial charge is 0.233 e. The van der Waals surface area contributed by atoms with E-state index in [4.69, 9.17) is 4.74 Å². The van der Waals surface area contributed by atoms with Crippen molar-refractivity contribution < 1.29 is 14.3 Å². The maximum atomic E-state index is 12.2. The van der Waals surface area contributed by atoms with Gasteiger partial charge in [0.2, 0.25) is 11.6 Å². The molecule has 3 heteroatoms. The van der Waals surface area contributed by atoms with E-state index in [1.54, 1.807) is 48.5 Å². The molecule has 0 aliphatic carbocycles. The highest BCUT2D eigenvalue weighted by Crippen LogP contribution is 2.15. The van der Waals surface area contributed by atoms with Crippen molar-refractivity contribution in [2.75, 3.05) is 6.61 Å². The predicted molar refractivity (Wildman–Crippen MR) is 91.2 cm³/mol. The van der Waals surface area contributed by atoms with E-state index in [1.807, 2.05) is 6.07 Å². The van der Waals surface area contributed by atoms with Crippen LogP contribution in [-0.4, -0.2) is 18.2 Å². The van der Waals surface area contributed by atoms with E-state index in [0.29, 0.717) is 17.7 Å². The summed E-state index contributed by atoms with van der Waals surface area (Å²) in [6.45, 7) is 2.85. The number of benzene rings is 2. The zero-order chi connectivity index (χ0) is 16.5. The van der Waals surface area contributed by atoms with Crippen LogP contribution in [0.5, 0.6) is 5.75 Å². The van der Waals surface area contributed by atoms with Gasteiger partial charge in [0, 0.05) is 11.1 Å². The van der Waals surface area contributed by atoms with Crippen LogP contribution < -0.4 is 4.74 Å². The molecule has 0 bridgehead atoms. The first-order chi connectivity index (χ1) is 11.2. The molecule has 0 aromatic heterocycles. The number of hydrogen-bond acceptors (Lipinski definition) is 3. The molecule has 0 saturated carbocycles. The maximum absolute atomic E-state index is 12.2. The van der Waals surface area contributed by atoms with Gasteiger partial charge in [-0.05, 0) is 30.7 Å². The second kappa shape index (κ2) is 8.89. The van der Waals surface area contributed by atoms with Gasteiger partial charge in [0.15, 0.2) is 0 Å². The zero-order valence-electron chi connectivity index (χ0n) is 13.5. The summed E-state index contributed by atoms with van der Waals surface area (Å²) in [6, 6.07) is 15.4. The summed E-state index contributed by atoms with van der Waals surface area (Å²) in [5.41, 5.74) is 0.797. The Morgan fingerprint density at radius 3 is 2.00 bits per heavy atom. The summed E-state index contributed by atoms with van der Waals surface area (Å²) < 4.78 is 5.64. The van der Waals surface area contributed by atoms with Crippen LogP contribution in [0, 0.1) is 0 Å². The molecule has 0 radical (unpaired) electrons. The van der Waals surface area contributed by atoms with E-state index in [2.05, 4.69) is 6.92 Å². The molecule has 0 aliphatic rings. The van der Waals surface area contributed by atoms with Crippen LogP contribution in [0.25, 0.3) is 0 Å². The summed E-state index contributed by atoms with van der Waals surface area (Å²) in [5.74, 6) is -0.255. The van der Waals surface area contributed by atoms with E-state index in [0.717, 1.165) is 12.2 Å². The lowest BCUT2D eigenvalue weighted by Gasteiger charge is -2.06. The number of rotatable bonds is 9. The third-order valence-electron chi connectivity index (χ3n) is 3.63. The van der Waals surface area contributed by atoms with Crippen LogP contribution in [0.1, 0.15) is 53.3 Å². The molecule has 2 rings (SSSR count). The van der Waals surface area contributed by atoms with Crippen molar-refractivity contribution in [2.45, 2.75) is 32.6 Å². The second-order valence-corrected chi connectivity index (χ2v) is 5.46. The van der Waals surface area contributed by atoms with Gasteiger partial charge in [0.25, 0.3) is 0 Å². The molecule has 120 valence electrons. The third kappa shape index (κ3) is 5.06. The highest BCUT2D eigenvalue weighted by molar-refractivity contribution is 6.49. The van der Waals surface area contributed by atoms with Gasteiger partial charge in [-0.15, -0.1) is 0 Å². The van der Waals surface area contributed by atoms with Crippen molar-refractivity contribution in [1.82, 2.24) is 0 Å². The number of carbonyl (C=O) groups is 2. The Kier molecular flexibility index (Phi) is 6.55. The van der Waals surface area contributed by atoms with E-state index < -0.39 is 11.6 Å². The van der Waals surface area contributed by atoms with Crippen LogP contribution in [-0.2, 0) is 0 Å². The van der Waals surface area contributed by atoms with Crippen LogP contribution in [0.2, 0.25) is 0 Å². The fourth-order valence-electron chi connectivity index (χ4n) is 2.27. The third-order valence-corrected chi connectivity index (χ3v) is 3.63. The lowest BCUT2D eigenvalue weighted by molar-refractivity contribution is 0.0817. The number of ketones is 2. The van der Waals surface area contributed by atoms with Crippen molar-refractivity contribution in [1.29, 1.82) is 0 Å². The molecule has 0 N–H and O–H groups in total. The molecule has 0 spiro atoms. The summed E-state index contributed by atoms with van der Waals surface area (Å²) >= 11 is 0. The first-order valence-corrected chi connectivity index (χ1v) is 8.09. The molecular formula is C20H22O3. The minimum Gasteiger partial charge on any atom is -0.494 e. The Hall–Kier alpha value is -2.42. The Morgan fingerprint density at radius 2 is 1.39 bits per heavy atom. The number of carbonyl (C=O) groups excluding carboxylic acids is 2. The summed E-state index contributed by atoms with van der Waals surface area (Å²) in [7, 11) is 0. The average Bonchev–Trinajstić information content (AvgIpc) is 2.61. The highest BCUT2D eigenvalue weighted by Gasteiger charge is 2.17. The number of Topliss-reactive ketones (excluding diaryl/α,β-unsaturated/α-hetero) is 2. The molecule has 2 aromatic rings. The van der Waals surface area contributed by atoms with Crippen LogP contribution in [0.15, 0.2) is 54.6 Å². The number of ether oxygens (including phenoxy) is 1. The second-order valence-electron chi connectivity index (χ2n) is 5.46. The van der Waals surface area contributed by atoms with Gasteiger partial charge >= 0.3 is 0 Å². The maximum Gasteiger partial charge on any atom is 0.233 e. The van der Waals surface area contributed by atoms with Crippen molar-refractivity contribution in [3.05, 3.63) is 65.7 Å². The predicted octanol–water partition coefficient (Wildman–Crippen LogP) is 4.71. The van der Waals surface area contributed by atoms with E-state index in [1.165, 1.54) is 19.3 Å². The molecule has 0 fully saturated rings. The van der Waals surface area contributed by atoms with Gasteiger partial charge in [-0.3, -0.25) is 9.59 Å². The molecule has 23 heavy (non-hydrogen) atoms. The molecule has 0 atom stereocenters. The Labute approximate surface area is 137 Å². The molecule has 2 aromatic carbocycles. The van der Waals surface area contributed by atoms with Gasteiger partial charge < -0.3 is 4.74 Å². The van der Waals surface area contributed by atoms with Crippen LogP contribution in [0.4, 0.5) is 0 Å². The quantitative estimate of drug-likeness (QED) is 0.383. The Bertz CT molecular complexity index is 630. The van der Waals surface area contributed by atoms with Gasteiger partial charge in [0.1, 0.15) is 5.75 Å². The molecular weight excluding hydrogens is 288 g/mol. The standard InChI is InChI=1S/C20H22O3/c1-2-3-4-8-15-23-18-13-11-17(12-14-18)20(22)19(21)16-9-6-5-7-10-16/h5-7,9-14H,2-4,8,15H2,1H3. The lowest BCUT2D eigenvalue weighted by atomic mass is 10.0. The largest absolute Gasteiger partial charge is 0.494 e. The SMILES string of the molecule is CCCCCCOc1ccc(C(=O)C(=O)c2ccccc2)cc1. The normalized spacial score (nSPS) is 10.3. The van der Waals surface area contributed by atoms with E-state index in [9.17, 15) is 9.59 Å². The molecule has 0 heterocycles. The molecule has 3 nitrogen and oxygen atoms in total. The van der Waals surface area contributed by atoms with Crippen molar-refractivity contribution >= 4 is 11.6 Å². The Morgan fingerprint density at radius 1 is 0.783 bits per heavy atom. The first-order valence-electron chi connectivity index (χ1n) is 8.09. The van der Waals surface area contributed by atoms with Gasteiger partial charge in [0.05, 0.1) is 6.61 Å². The van der Waals surface area contributed by atoms with Crippen LogP contribution >= 0.6 is 0 Å².